The van der Waals surface area contributed by atoms with Crippen molar-refractivity contribution in [3.8, 4) is 0 Å². The van der Waals surface area contributed by atoms with Crippen molar-refractivity contribution < 1.29 is 4.79 Å². The highest BCUT2D eigenvalue weighted by Gasteiger charge is 2.16. The van der Waals surface area contributed by atoms with Crippen LogP contribution in [-0.2, 0) is 6.42 Å². The van der Waals surface area contributed by atoms with Gasteiger partial charge in [0.1, 0.15) is 5.69 Å². The molecule has 0 radical (unpaired) electrons. The third-order valence-electron chi connectivity index (χ3n) is 3.20. The fourth-order valence-electron chi connectivity index (χ4n) is 2.07. The second kappa shape index (κ2) is 9.45. The lowest BCUT2D eigenvalue weighted by atomic mass is 10.0. The minimum atomic E-state index is -0.199. The summed E-state index contributed by atoms with van der Waals surface area (Å²) < 4.78 is 0. The SMILES string of the molecule is CC(CNC(=O)c1csc(CCN)n1)c1c(Cl)cccc1Cl.Cl. The molecule has 126 valence electrons. The number of amides is 1. The Morgan fingerprint density at radius 2 is 2.04 bits per heavy atom. The summed E-state index contributed by atoms with van der Waals surface area (Å²) in [5, 5.41) is 6.69. The van der Waals surface area contributed by atoms with E-state index < -0.39 is 0 Å². The van der Waals surface area contributed by atoms with Crippen molar-refractivity contribution >= 4 is 52.9 Å². The fourth-order valence-corrected chi connectivity index (χ4v) is 3.64. The molecule has 23 heavy (non-hydrogen) atoms. The lowest BCUT2D eigenvalue weighted by Gasteiger charge is -2.15. The Hall–Kier alpha value is -0.850. The van der Waals surface area contributed by atoms with Crippen molar-refractivity contribution in [2.45, 2.75) is 19.3 Å². The Kier molecular flexibility index (Phi) is 8.29. The zero-order chi connectivity index (χ0) is 16.1. The molecule has 4 nitrogen and oxygen atoms in total. The molecule has 2 aromatic rings. The number of nitrogens with zero attached hydrogens (tertiary/aromatic N) is 1. The third-order valence-corrected chi connectivity index (χ3v) is 4.77. The van der Waals surface area contributed by atoms with Gasteiger partial charge in [-0.15, -0.1) is 23.7 Å². The average Bonchev–Trinajstić information content (AvgIpc) is 2.93. The first-order chi connectivity index (χ1) is 10.5. The van der Waals surface area contributed by atoms with E-state index in [1.807, 2.05) is 6.92 Å². The molecule has 0 aliphatic carbocycles. The van der Waals surface area contributed by atoms with Gasteiger partial charge < -0.3 is 11.1 Å². The third kappa shape index (κ3) is 5.33. The number of nitrogens with one attached hydrogen (secondary N) is 1. The summed E-state index contributed by atoms with van der Waals surface area (Å²) in [6.45, 7) is 2.93. The molecule has 3 N–H and O–H groups in total. The van der Waals surface area contributed by atoms with Crippen molar-refractivity contribution in [3.05, 3.63) is 49.9 Å². The van der Waals surface area contributed by atoms with Crippen LogP contribution in [0.2, 0.25) is 10.0 Å². The van der Waals surface area contributed by atoms with E-state index in [0.717, 1.165) is 10.6 Å². The number of benzene rings is 1. The van der Waals surface area contributed by atoms with E-state index in [1.54, 1.807) is 23.6 Å². The maximum absolute atomic E-state index is 12.1. The van der Waals surface area contributed by atoms with Crippen LogP contribution in [0.4, 0.5) is 0 Å². The van der Waals surface area contributed by atoms with Gasteiger partial charge >= 0.3 is 0 Å². The van der Waals surface area contributed by atoms with Gasteiger partial charge in [-0.05, 0) is 24.2 Å². The fraction of sp³-hybridized carbons (Fsp3) is 0.333. The Balaban J connectivity index is 0.00000264. The number of rotatable bonds is 6. The number of halogens is 3. The lowest BCUT2D eigenvalue weighted by Crippen LogP contribution is -2.28. The molecule has 0 spiro atoms. The molecule has 0 aliphatic heterocycles. The summed E-state index contributed by atoms with van der Waals surface area (Å²) in [6.07, 6.45) is 0.684. The average molecular weight is 395 g/mol. The maximum atomic E-state index is 12.1. The van der Waals surface area contributed by atoms with Crippen LogP contribution in [0, 0.1) is 0 Å². The Morgan fingerprint density at radius 1 is 1.39 bits per heavy atom. The standard InChI is InChI=1S/C15H17Cl2N3OS.ClH/c1-9(14-10(16)3-2-4-11(14)17)7-19-15(21)12-8-22-13(20-12)5-6-18;/h2-4,8-9H,5-7,18H2,1H3,(H,19,21);1H. The van der Waals surface area contributed by atoms with Crippen LogP contribution in [0.5, 0.6) is 0 Å². The quantitative estimate of drug-likeness (QED) is 0.780. The minimum Gasteiger partial charge on any atom is -0.350 e. The molecule has 8 heteroatoms. The van der Waals surface area contributed by atoms with Gasteiger partial charge in [-0.25, -0.2) is 4.98 Å². The van der Waals surface area contributed by atoms with Crippen LogP contribution in [-0.4, -0.2) is 24.0 Å². The highest BCUT2D eigenvalue weighted by molar-refractivity contribution is 7.09. The first-order valence-electron chi connectivity index (χ1n) is 6.89. The molecule has 0 fully saturated rings. The van der Waals surface area contributed by atoms with Crippen LogP contribution in [0.3, 0.4) is 0 Å². The van der Waals surface area contributed by atoms with Crippen molar-refractivity contribution in [2.75, 3.05) is 13.1 Å². The largest absolute Gasteiger partial charge is 0.350 e. The van der Waals surface area contributed by atoms with Crippen molar-refractivity contribution in [1.29, 1.82) is 0 Å². The number of thiazole rings is 1. The van der Waals surface area contributed by atoms with Gasteiger partial charge in [0.25, 0.3) is 5.91 Å². The van der Waals surface area contributed by atoms with Gasteiger partial charge in [-0.1, -0.05) is 36.2 Å². The smallest absolute Gasteiger partial charge is 0.270 e. The van der Waals surface area contributed by atoms with Crippen LogP contribution in [0.25, 0.3) is 0 Å². The number of aromatic nitrogens is 1. The van der Waals surface area contributed by atoms with Crippen LogP contribution < -0.4 is 11.1 Å². The molecule has 1 atom stereocenters. The summed E-state index contributed by atoms with van der Waals surface area (Å²) in [6, 6.07) is 5.38. The minimum absolute atomic E-state index is 0. The molecule has 1 aromatic heterocycles. The van der Waals surface area contributed by atoms with Crippen LogP contribution in [0.15, 0.2) is 23.6 Å². The van der Waals surface area contributed by atoms with Gasteiger partial charge in [0.05, 0.1) is 5.01 Å². The Morgan fingerprint density at radius 3 is 2.65 bits per heavy atom. The monoisotopic (exact) mass is 393 g/mol. The zero-order valence-corrected chi connectivity index (χ0v) is 15.7. The molecule has 1 heterocycles. The number of carbonyl (C=O) groups is 1. The molecular formula is C15H18Cl3N3OS. The summed E-state index contributed by atoms with van der Waals surface area (Å²) >= 11 is 13.8. The topological polar surface area (TPSA) is 68.0 Å². The Labute approximate surface area is 155 Å². The molecule has 1 aromatic carbocycles. The molecule has 2 rings (SSSR count). The number of hydrogen-bond acceptors (Lipinski definition) is 4. The Bertz CT molecular complexity index is 643. The molecule has 0 aliphatic rings. The van der Waals surface area contributed by atoms with Crippen molar-refractivity contribution in [1.82, 2.24) is 10.3 Å². The van der Waals surface area contributed by atoms with Crippen LogP contribution in [0.1, 0.15) is 33.9 Å². The van der Waals surface area contributed by atoms with Gasteiger partial charge in [0.15, 0.2) is 0 Å². The highest BCUT2D eigenvalue weighted by Crippen LogP contribution is 2.30. The van der Waals surface area contributed by atoms with E-state index in [1.165, 1.54) is 11.3 Å². The van der Waals surface area contributed by atoms with E-state index in [9.17, 15) is 4.79 Å². The van der Waals surface area contributed by atoms with E-state index in [2.05, 4.69) is 10.3 Å². The summed E-state index contributed by atoms with van der Waals surface area (Å²) in [7, 11) is 0. The predicted molar refractivity (Wildman–Crippen MR) is 99.3 cm³/mol. The molecule has 0 bridgehead atoms. The predicted octanol–water partition coefficient (Wildman–Crippen LogP) is 3.91. The van der Waals surface area contributed by atoms with Gasteiger partial charge in [-0.2, -0.15) is 0 Å². The first-order valence-corrected chi connectivity index (χ1v) is 8.53. The van der Waals surface area contributed by atoms with E-state index in [-0.39, 0.29) is 24.2 Å². The number of nitrogens with two attached hydrogens (primary N) is 1. The second-order valence-electron chi connectivity index (χ2n) is 4.91. The second-order valence-corrected chi connectivity index (χ2v) is 6.67. The summed E-state index contributed by atoms with van der Waals surface area (Å²) in [4.78, 5) is 16.4. The number of carbonyl (C=O) groups excluding carboxylic acids is 1. The van der Waals surface area contributed by atoms with Crippen molar-refractivity contribution in [2.24, 2.45) is 5.73 Å². The molecule has 0 saturated carbocycles. The van der Waals surface area contributed by atoms with Crippen molar-refractivity contribution in [3.63, 3.8) is 0 Å². The molecule has 0 saturated heterocycles. The van der Waals surface area contributed by atoms with E-state index in [4.69, 9.17) is 28.9 Å². The van der Waals surface area contributed by atoms with Gasteiger partial charge in [0.2, 0.25) is 0 Å². The van der Waals surface area contributed by atoms with E-state index in [0.29, 0.717) is 35.2 Å². The van der Waals surface area contributed by atoms with Gasteiger partial charge in [0, 0.05) is 34.3 Å². The maximum Gasteiger partial charge on any atom is 0.270 e. The zero-order valence-electron chi connectivity index (χ0n) is 12.5. The van der Waals surface area contributed by atoms with E-state index >= 15 is 0 Å². The summed E-state index contributed by atoms with van der Waals surface area (Å²) in [5.74, 6) is -0.193. The van der Waals surface area contributed by atoms with Crippen LogP contribution >= 0.6 is 46.9 Å². The summed E-state index contributed by atoms with van der Waals surface area (Å²) in [5.41, 5.74) is 6.74. The number of hydrogen-bond donors (Lipinski definition) is 2. The molecule has 1 amide bonds. The molecular weight excluding hydrogens is 377 g/mol. The normalized spacial score (nSPS) is 11.7. The van der Waals surface area contributed by atoms with Gasteiger partial charge in [-0.3, -0.25) is 4.79 Å². The highest BCUT2D eigenvalue weighted by atomic mass is 35.5. The lowest BCUT2D eigenvalue weighted by molar-refractivity contribution is 0.0947. The molecule has 1 unspecified atom stereocenters. The first kappa shape index (κ1) is 20.2.